The minimum atomic E-state index is -1.63. The van der Waals surface area contributed by atoms with Gasteiger partial charge >= 0.3 is 17.9 Å². The molecule has 75 heavy (non-hydrogen) atoms. The van der Waals surface area contributed by atoms with Crippen LogP contribution in [0.1, 0.15) is 173 Å². The van der Waals surface area contributed by atoms with Crippen molar-refractivity contribution in [2.45, 2.75) is 234 Å². The van der Waals surface area contributed by atoms with E-state index in [0.717, 1.165) is 18.4 Å². The first-order chi connectivity index (χ1) is 34.5. The summed E-state index contributed by atoms with van der Waals surface area (Å²) in [5.74, 6) is -6.93. The van der Waals surface area contributed by atoms with E-state index in [2.05, 4.69) is 31.9 Å². The quantitative estimate of drug-likeness (QED) is 0.0337. The van der Waals surface area contributed by atoms with E-state index in [1.807, 2.05) is 33.8 Å². The Morgan fingerprint density at radius 2 is 1.01 bits per heavy atom. The van der Waals surface area contributed by atoms with E-state index >= 15 is 0 Å². The van der Waals surface area contributed by atoms with Gasteiger partial charge in [0.05, 0.1) is 18.9 Å². The molecular weight excluding hydrogens is 969 g/mol. The van der Waals surface area contributed by atoms with Crippen molar-refractivity contribution < 1.29 is 66.8 Å². The van der Waals surface area contributed by atoms with Crippen LogP contribution in [0, 0.1) is 18.3 Å². The number of hydrogen-bond acceptors (Lipinski definition) is 14. The van der Waals surface area contributed by atoms with E-state index in [4.69, 9.17) is 23.7 Å². The molecule has 0 saturated heterocycles. The highest BCUT2D eigenvalue weighted by atomic mass is 16.7. The third-order valence-electron chi connectivity index (χ3n) is 11.2. The van der Waals surface area contributed by atoms with Gasteiger partial charge in [-0.2, -0.15) is 0 Å². The van der Waals surface area contributed by atoms with Gasteiger partial charge in [0.25, 0.3) is 0 Å². The molecule has 1 aromatic rings. The smallest absolute Gasteiger partial charge is 0.308 e. The fraction of sp³-hybridized carbons (Fsp3) is 0.727. The van der Waals surface area contributed by atoms with Gasteiger partial charge in [-0.05, 0) is 111 Å². The van der Waals surface area contributed by atoms with Gasteiger partial charge in [0.2, 0.25) is 35.4 Å². The molecule has 0 fully saturated rings. The van der Waals surface area contributed by atoms with Gasteiger partial charge in [0.1, 0.15) is 47.0 Å². The van der Waals surface area contributed by atoms with Gasteiger partial charge in [-0.25, -0.2) is 0 Å². The average molecular weight is 1060 g/mol. The van der Waals surface area contributed by atoms with E-state index in [1.54, 1.807) is 101 Å². The first-order valence-electron chi connectivity index (χ1n) is 26.1. The van der Waals surface area contributed by atoms with Crippen molar-refractivity contribution >= 4 is 53.4 Å². The van der Waals surface area contributed by atoms with Crippen LogP contribution in [0.3, 0.4) is 0 Å². The van der Waals surface area contributed by atoms with Crippen molar-refractivity contribution in [1.29, 1.82) is 0 Å². The Hall–Kier alpha value is -5.63. The number of aryl methyl sites for hydroxylation is 1. The van der Waals surface area contributed by atoms with Gasteiger partial charge in [-0.1, -0.05) is 78.6 Å². The maximum absolute atomic E-state index is 14.8. The molecule has 20 nitrogen and oxygen atoms in total. The number of carbonyl (C=O) groups excluding carboxylic acids is 9. The molecule has 0 unspecified atom stereocenters. The van der Waals surface area contributed by atoms with E-state index in [-0.39, 0.29) is 31.6 Å². The second-order valence-electron chi connectivity index (χ2n) is 23.5. The Bertz CT molecular complexity index is 2060. The Kier molecular flexibility index (Phi) is 27.7. The number of hydrogen-bond donors (Lipinski definition) is 6. The first-order valence-corrected chi connectivity index (χ1v) is 26.1. The number of ether oxygens (including phenoxy) is 5. The largest absolute Gasteiger partial charge is 0.460 e. The second-order valence-corrected chi connectivity index (χ2v) is 23.5. The lowest BCUT2D eigenvalue weighted by atomic mass is 9.85. The number of methoxy groups -OCH3 is 2. The van der Waals surface area contributed by atoms with Crippen LogP contribution >= 0.6 is 0 Å². The van der Waals surface area contributed by atoms with Gasteiger partial charge < -0.3 is 55.6 Å². The van der Waals surface area contributed by atoms with Gasteiger partial charge in [-0.15, -0.1) is 0 Å². The zero-order valence-electron chi connectivity index (χ0n) is 48.2. The van der Waals surface area contributed by atoms with Crippen LogP contribution in [0.2, 0.25) is 0 Å². The molecule has 0 saturated carbocycles. The number of esters is 3. The molecule has 0 aromatic heterocycles. The summed E-state index contributed by atoms with van der Waals surface area (Å²) in [5, 5.41) is 16.5. The monoisotopic (exact) mass is 1060 g/mol. The summed E-state index contributed by atoms with van der Waals surface area (Å²) < 4.78 is 27.2. The Morgan fingerprint density at radius 3 is 1.52 bits per heavy atom. The summed E-state index contributed by atoms with van der Waals surface area (Å²) in [6, 6.07) is -0.274. The van der Waals surface area contributed by atoms with Crippen LogP contribution < -0.4 is 31.9 Å². The lowest BCUT2D eigenvalue weighted by Crippen LogP contribution is -2.62. The molecule has 0 aliphatic heterocycles. The topological polar surface area (TPSA) is 272 Å². The Morgan fingerprint density at radius 1 is 0.533 bits per heavy atom. The summed E-state index contributed by atoms with van der Waals surface area (Å²) in [7, 11) is 2.95. The SMILES string of the molecule is CCCC[C@H](NC(=O)[C@H](CC(C)C)NC(=O)[C@@H](NC(=O)[C@H](Cc1ccccc1C)NC(=O)[C@H](CCC(=O)OC(C)(C)C)NC(=O)[C@H](CC(=O)OC(C)(C)C)NC(=O)CCC(=O)OC(C)(C)C)C(C)(C)C)C(OC)OC. The second kappa shape index (κ2) is 30.8. The highest BCUT2D eigenvalue weighted by Crippen LogP contribution is 2.22. The van der Waals surface area contributed by atoms with Gasteiger partial charge in [0.15, 0.2) is 6.29 Å². The molecule has 426 valence electrons. The van der Waals surface area contributed by atoms with Crippen molar-refractivity contribution in [2.24, 2.45) is 11.3 Å². The summed E-state index contributed by atoms with van der Waals surface area (Å²) in [6.45, 7) is 27.7. The van der Waals surface area contributed by atoms with Gasteiger partial charge in [-0.3, -0.25) is 43.2 Å². The number of nitrogens with one attached hydrogen (secondary N) is 6. The van der Waals surface area contributed by atoms with Crippen molar-refractivity contribution in [3.8, 4) is 0 Å². The zero-order valence-corrected chi connectivity index (χ0v) is 48.2. The Labute approximate surface area is 446 Å². The van der Waals surface area contributed by atoms with Gasteiger partial charge in [0, 0.05) is 33.5 Å². The third-order valence-corrected chi connectivity index (χ3v) is 11.2. The van der Waals surface area contributed by atoms with Crippen LogP contribution in [0.5, 0.6) is 0 Å². The molecule has 0 radical (unpaired) electrons. The molecule has 0 bridgehead atoms. The summed E-state index contributed by atoms with van der Waals surface area (Å²) in [6.07, 6.45) is -0.595. The minimum Gasteiger partial charge on any atom is -0.460 e. The van der Waals surface area contributed by atoms with Crippen LogP contribution in [0.25, 0.3) is 0 Å². The number of amides is 6. The minimum absolute atomic E-state index is 0.0380. The highest BCUT2D eigenvalue weighted by Gasteiger charge is 2.39. The molecule has 6 atom stereocenters. The summed E-state index contributed by atoms with van der Waals surface area (Å²) in [5.41, 5.74) is -2.22. The number of benzene rings is 1. The predicted molar refractivity (Wildman–Crippen MR) is 283 cm³/mol. The fourth-order valence-corrected chi connectivity index (χ4v) is 7.65. The first kappa shape index (κ1) is 67.4. The lowest BCUT2D eigenvalue weighted by molar-refractivity contribution is -0.158. The van der Waals surface area contributed by atoms with Crippen molar-refractivity contribution in [3.05, 3.63) is 35.4 Å². The summed E-state index contributed by atoms with van der Waals surface area (Å²) >= 11 is 0. The molecule has 1 rings (SSSR count). The molecule has 0 heterocycles. The normalized spacial score (nSPS) is 14.5. The molecule has 6 amide bonds. The fourth-order valence-electron chi connectivity index (χ4n) is 7.65. The highest BCUT2D eigenvalue weighted by molar-refractivity contribution is 5.98. The van der Waals surface area contributed by atoms with Crippen molar-refractivity contribution in [2.75, 3.05) is 14.2 Å². The molecule has 0 spiro atoms. The van der Waals surface area contributed by atoms with E-state index in [0.29, 0.717) is 12.0 Å². The molecule has 0 aliphatic carbocycles. The standard InChI is InChI=1S/C55H92N6O14/c1-19-20-25-37(51(71-17)72-18)58-47(67)38(30-33(2)3)60-50(70)45(52(5,6)7)61-49(69)39(31-35-24-22-21-23-34(35)4)59-46(66)36(26-28-42(63)73-53(8,9)10)57-48(68)40(32-44(65)75-55(14,15)16)56-41(62)27-29-43(64)74-54(11,12)13/h21-24,33,36-40,45,51H,19-20,25-32H2,1-18H3,(H,56,62)(H,57,68)(H,58,67)(H,59,66)(H,60,70)(H,61,69)/t36-,37-,38-,39-,40-,45+/m0/s1. The van der Waals surface area contributed by atoms with Crippen molar-refractivity contribution in [3.63, 3.8) is 0 Å². The number of carbonyl (C=O) groups is 9. The maximum Gasteiger partial charge on any atom is 0.308 e. The van der Waals surface area contributed by atoms with Crippen LogP contribution in [0.4, 0.5) is 0 Å². The van der Waals surface area contributed by atoms with E-state index in [1.165, 1.54) is 14.2 Å². The average Bonchev–Trinajstić information content (AvgIpc) is 3.25. The molecule has 20 heteroatoms. The third kappa shape index (κ3) is 27.6. The maximum atomic E-state index is 14.8. The summed E-state index contributed by atoms with van der Waals surface area (Å²) in [4.78, 5) is 124. The molecule has 1 aromatic carbocycles. The van der Waals surface area contributed by atoms with E-state index in [9.17, 15) is 43.2 Å². The number of rotatable bonds is 29. The predicted octanol–water partition coefficient (Wildman–Crippen LogP) is 5.32. The lowest BCUT2D eigenvalue weighted by Gasteiger charge is -2.34. The van der Waals surface area contributed by atoms with E-state index < -0.39 is 137 Å². The van der Waals surface area contributed by atoms with Crippen LogP contribution in [-0.2, 0) is 73.3 Å². The molecular formula is C55H92N6O14. The van der Waals surface area contributed by atoms with Crippen molar-refractivity contribution in [1.82, 2.24) is 31.9 Å². The molecule has 0 aliphatic rings. The Balaban J connectivity index is 3.79. The van der Waals surface area contributed by atoms with Crippen LogP contribution in [-0.4, -0.2) is 127 Å². The molecule has 6 N–H and O–H groups in total. The van der Waals surface area contributed by atoms with Crippen LogP contribution in [0.15, 0.2) is 24.3 Å². The number of unbranched alkanes of at least 4 members (excludes halogenated alkanes) is 1. The zero-order chi connectivity index (χ0) is 57.6.